The Hall–Kier alpha value is -3.70. The van der Waals surface area contributed by atoms with Crippen LogP contribution < -0.4 is 10.6 Å². The number of anilines is 4. The zero-order valence-corrected chi connectivity index (χ0v) is 30.5. The van der Waals surface area contributed by atoms with E-state index in [1.807, 2.05) is 36.4 Å². The van der Waals surface area contributed by atoms with E-state index >= 15 is 0 Å². The third kappa shape index (κ3) is 12.4. The molecule has 0 saturated carbocycles. The number of aryl methyl sites for hydroxylation is 2. The summed E-state index contributed by atoms with van der Waals surface area (Å²) in [6, 6.07) is 27.5. The van der Waals surface area contributed by atoms with Crippen molar-refractivity contribution in [1.82, 2.24) is 0 Å². The van der Waals surface area contributed by atoms with Crippen LogP contribution in [0.4, 0.5) is 22.7 Å². The van der Waals surface area contributed by atoms with Crippen molar-refractivity contribution in [3.8, 4) is 0 Å². The Bertz CT molecular complexity index is 1790. The van der Waals surface area contributed by atoms with Crippen LogP contribution in [0.15, 0.2) is 84.9 Å². The fourth-order valence-corrected chi connectivity index (χ4v) is 5.01. The first kappa shape index (κ1) is 38.7. The van der Waals surface area contributed by atoms with E-state index in [9.17, 15) is 26.4 Å². The van der Waals surface area contributed by atoms with Gasteiger partial charge in [0.25, 0.3) is 0 Å². The van der Waals surface area contributed by atoms with Crippen LogP contribution in [0.5, 0.6) is 0 Å². The number of halogens is 2. The second-order valence-corrected chi connectivity index (χ2v) is 17.4. The van der Waals surface area contributed by atoms with Gasteiger partial charge in [-0.2, -0.15) is 0 Å². The lowest BCUT2D eigenvalue weighted by atomic mass is 9.82. The molecule has 8 nitrogen and oxygen atoms in total. The number of carbonyl (C=O) groups is 2. The first-order chi connectivity index (χ1) is 22.6. The van der Waals surface area contributed by atoms with E-state index in [4.69, 9.17) is 0 Å². The van der Waals surface area contributed by atoms with E-state index < -0.39 is 18.1 Å². The molecule has 0 heterocycles. The van der Waals surface area contributed by atoms with Gasteiger partial charge in [0.05, 0.1) is 35.0 Å². The molecular formula is C36H40Cl2N2O6S2. The molecule has 0 fully saturated rings. The van der Waals surface area contributed by atoms with Crippen molar-refractivity contribution in [3.05, 3.63) is 118 Å². The average Bonchev–Trinajstić information content (AvgIpc) is 3.02. The standard InChI is InChI=1S/C34H34N2O2.2CH3ClO2S/c1-3-5-9-23-13-17-25(18-14-23)35-29-21-22-30(36-26-19-15-24(16-20-26)10-6-4-2)32-31(29)33(37)27-11-7-8-12-28(27)34(32)38;2*1-5(2,3)4/h7-8,11-22,35-36H,3-6,9-10H2,1-2H3;2*1H3. The predicted octanol–water partition coefficient (Wildman–Crippen LogP) is 9.00. The topological polar surface area (TPSA) is 126 Å². The first-order valence-electron chi connectivity index (χ1n) is 15.5. The summed E-state index contributed by atoms with van der Waals surface area (Å²) in [4.78, 5) is 27.5. The number of benzene rings is 4. The fourth-order valence-electron chi connectivity index (χ4n) is 5.01. The number of carbonyl (C=O) groups excluding carboxylic acids is 2. The molecule has 0 aliphatic heterocycles. The monoisotopic (exact) mass is 730 g/mol. The average molecular weight is 732 g/mol. The second kappa shape index (κ2) is 17.6. The molecule has 0 bridgehead atoms. The van der Waals surface area contributed by atoms with E-state index in [1.54, 1.807) is 24.3 Å². The summed E-state index contributed by atoms with van der Waals surface area (Å²) >= 11 is 0. The van der Waals surface area contributed by atoms with Gasteiger partial charge < -0.3 is 10.6 Å². The maximum Gasteiger partial charge on any atom is 0.229 e. The van der Waals surface area contributed by atoms with Crippen molar-refractivity contribution in [2.75, 3.05) is 23.1 Å². The van der Waals surface area contributed by atoms with Crippen LogP contribution in [0.2, 0.25) is 0 Å². The summed E-state index contributed by atoms with van der Waals surface area (Å²) in [7, 11) is 2.62. The van der Waals surface area contributed by atoms with E-state index in [0.717, 1.165) is 62.4 Å². The number of hydrogen-bond donors (Lipinski definition) is 2. The van der Waals surface area contributed by atoms with Gasteiger partial charge in [0.1, 0.15) is 0 Å². The largest absolute Gasteiger partial charge is 0.355 e. The highest BCUT2D eigenvalue weighted by Gasteiger charge is 2.34. The Kier molecular flexibility index (Phi) is 14.2. The molecule has 0 atom stereocenters. The molecule has 48 heavy (non-hydrogen) atoms. The van der Waals surface area contributed by atoms with Crippen molar-refractivity contribution >= 4 is 73.8 Å². The van der Waals surface area contributed by atoms with Crippen molar-refractivity contribution in [2.45, 2.75) is 52.4 Å². The van der Waals surface area contributed by atoms with E-state index in [2.05, 4.69) is 70.1 Å². The Morgan fingerprint density at radius 2 is 0.854 bits per heavy atom. The highest BCUT2D eigenvalue weighted by molar-refractivity contribution is 8.13. The highest BCUT2D eigenvalue weighted by atomic mass is 35.7. The summed E-state index contributed by atoms with van der Waals surface area (Å²) in [5, 5.41) is 6.83. The molecule has 0 amide bonds. The minimum absolute atomic E-state index is 0.143. The molecular weight excluding hydrogens is 691 g/mol. The van der Waals surface area contributed by atoms with Gasteiger partial charge >= 0.3 is 0 Å². The zero-order valence-electron chi connectivity index (χ0n) is 27.3. The van der Waals surface area contributed by atoms with Crippen LogP contribution in [-0.2, 0) is 30.9 Å². The van der Waals surface area contributed by atoms with Crippen LogP contribution in [0.3, 0.4) is 0 Å². The molecule has 0 spiro atoms. The summed E-state index contributed by atoms with van der Waals surface area (Å²) in [6.07, 6.45) is 8.59. The predicted molar refractivity (Wildman–Crippen MR) is 198 cm³/mol. The SMILES string of the molecule is CCCCc1ccc(Nc2ccc(Nc3ccc(CCCC)cc3)c3c2C(=O)c2ccccc2C3=O)cc1.CS(=O)(=O)Cl.CS(=O)(=O)Cl. The van der Waals surface area contributed by atoms with Crippen LogP contribution in [0.1, 0.15) is 82.5 Å². The van der Waals surface area contributed by atoms with Crippen molar-refractivity contribution in [1.29, 1.82) is 0 Å². The summed E-state index contributed by atoms with van der Waals surface area (Å²) in [5.41, 5.74) is 7.33. The third-order valence-electron chi connectivity index (χ3n) is 7.18. The second-order valence-electron chi connectivity index (χ2n) is 11.3. The lowest BCUT2D eigenvalue weighted by molar-refractivity contribution is 0.0980. The number of nitrogens with one attached hydrogen (secondary N) is 2. The molecule has 0 aromatic heterocycles. The van der Waals surface area contributed by atoms with Crippen molar-refractivity contribution in [3.63, 3.8) is 0 Å². The van der Waals surface area contributed by atoms with Gasteiger partial charge in [-0.3, -0.25) is 9.59 Å². The Morgan fingerprint density at radius 1 is 0.542 bits per heavy atom. The maximum atomic E-state index is 13.8. The lowest BCUT2D eigenvalue weighted by Gasteiger charge is -2.24. The minimum atomic E-state index is -3.19. The minimum Gasteiger partial charge on any atom is -0.355 e. The Balaban J connectivity index is 0.000000548. The quantitative estimate of drug-likeness (QED) is 0.136. The number of unbranched alkanes of at least 4 members (excludes halogenated alkanes) is 2. The molecule has 2 N–H and O–H groups in total. The third-order valence-corrected chi connectivity index (χ3v) is 7.18. The molecule has 0 radical (unpaired) electrons. The molecule has 5 rings (SSSR count). The van der Waals surface area contributed by atoms with Crippen LogP contribution in [0, 0.1) is 0 Å². The molecule has 4 aromatic rings. The van der Waals surface area contributed by atoms with Gasteiger partial charge in [-0.1, -0.05) is 75.2 Å². The van der Waals surface area contributed by atoms with Gasteiger partial charge in [-0.05, 0) is 73.2 Å². The number of fused-ring (bicyclic) bond motifs is 2. The fraction of sp³-hybridized carbons (Fsp3) is 0.278. The lowest BCUT2D eigenvalue weighted by Crippen LogP contribution is -2.23. The molecule has 0 unspecified atom stereocenters. The van der Waals surface area contributed by atoms with Gasteiger partial charge in [-0.15, -0.1) is 0 Å². The van der Waals surface area contributed by atoms with Crippen molar-refractivity contribution < 1.29 is 26.4 Å². The Morgan fingerprint density at radius 3 is 1.15 bits per heavy atom. The maximum absolute atomic E-state index is 13.8. The zero-order chi connectivity index (χ0) is 35.5. The molecule has 4 aromatic carbocycles. The smallest absolute Gasteiger partial charge is 0.229 e. The molecule has 12 heteroatoms. The van der Waals surface area contributed by atoms with E-state index in [-0.39, 0.29) is 11.6 Å². The summed E-state index contributed by atoms with van der Waals surface area (Å²) < 4.78 is 37.6. The van der Waals surface area contributed by atoms with Gasteiger partial charge in [0, 0.05) is 43.9 Å². The van der Waals surface area contributed by atoms with Gasteiger partial charge in [0.15, 0.2) is 11.6 Å². The van der Waals surface area contributed by atoms with E-state index in [0.29, 0.717) is 33.6 Å². The Labute approximate surface area is 292 Å². The number of ketones is 2. The summed E-state index contributed by atoms with van der Waals surface area (Å²) in [5.74, 6) is -0.286. The van der Waals surface area contributed by atoms with Gasteiger partial charge in [0.2, 0.25) is 18.1 Å². The van der Waals surface area contributed by atoms with Crippen LogP contribution >= 0.6 is 21.4 Å². The normalized spacial score (nSPS) is 12.0. The first-order valence-corrected chi connectivity index (χ1v) is 20.9. The van der Waals surface area contributed by atoms with Gasteiger partial charge in [-0.25, -0.2) is 16.8 Å². The van der Waals surface area contributed by atoms with E-state index in [1.165, 1.54) is 11.1 Å². The van der Waals surface area contributed by atoms with Crippen LogP contribution in [0.25, 0.3) is 0 Å². The number of hydrogen-bond acceptors (Lipinski definition) is 8. The molecule has 0 saturated heterocycles. The molecule has 1 aliphatic carbocycles. The summed E-state index contributed by atoms with van der Waals surface area (Å²) in [6.45, 7) is 4.38. The highest BCUT2D eigenvalue weighted by Crippen LogP contribution is 2.38. The number of rotatable bonds is 10. The molecule has 256 valence electrons. The molecule has 1 aliphatic rings. The van der Waals surface area contributed by atoms with Crippen molar-refractivity contribution in [2.24, 2.45) is 0 Å². The van der Waals surface area contributed by atoms with Crippen LogP contribution in [-0.4, -0.2) is 40.9 Å².